The molecular formula is C91H178O17P2. The molecule has 17 nitrogen and oxygen atoms in total. The first-order valence-electron chi connectivity index (χ1n) is 47.3. The van der Waals surface area contributed by atoms with Crippen molar-refractivity contribution in [2.45, 2.75) is 521 Å². The van der Waals surface area contributed by atoms with Gasteiger partial charge in [-0.1, -0.05) is 451 Å². The molecule has 0 rings (SSSR count). The summed E-state index contributed by atoms with van der Waals surface area (Å²) >= 11 is 0. The monoisotopic (exact) mass is 1610 g/mol. The second-order valence-electron chi connectivity index (χ2n) is 32.7. The van der Waals surface area contributed by atoms with Gasteiger partial charge in [0.25, 0.3) is 0 Å². The van der Waals surface area contributed by atoms with Crippen LogP contribution in [0.15, 0.2) is 0 Å². The topological polar surface area (TPSA) is 237 Å². The quantitative estimate of drug-likeness (QED) is 0.0222. The van der Waals surface area contributed by atoms with Gasteiger partial charge in [-0.2, -0.15) is 0 Å². The van der Waals surface area contributed by atoms with E-state index in [0.29, 0.717) is 25.7 Å². The largest absolute Gasteiger partial charge is 0.472 e. The summed E-state index contributed by atoms with van der Waals surface area (Å²) in [4.78, 5) is 73.4. The Bertz CT molecular complexity index is 2070. The molecule has 0 aliphatic heterocycles. The Labute approximate surface area is 677 Å². The van der Waals surface area contributed by atoms with Gasteiger partial charge in [0.05, 0.1) is 26.4 Å². The van der Waals surface area contributed by atoms with E-state index in [2.05, 4.69) is 27.7 Å². The second-order valence-corrected chi connectivity index (χ2v) is 35.6. The van der Waals surface area contributed by atoms with Crippen LogP contribution < -0.4 is 0 Å². The summed E-state index contributed by atoms with van der Waals surface area (Å²) in [6.07, 6.45) is 81.9. The fourth-order valence-corrected chi connectivity index (χ4v) is 16.0. The molecule has 0 heterocycles. The highest BCUT2D eigenvalue weighted by atomic mass is 31.2. The van der Waals surface area contributed by atoms with Gasteiger partial charge in [0.2, 0.25) is 0 Å². The zero-order valence-electron chi connectivity index (χ0n) is 72.3. The molecule has 0 aliphatic carbocycles. The van der Waals surface area contributed by atoms with E-state index in [4.69, 9.17) is 37.0 Å². The molecule has 0 radical (unpaired) electrons. The third kappa shape index (κ3) is 84.0. The maximum absolute atomic E-state index is 13.2. The summed E-state index contributed by atoms with van der Waals surface area (Å²) in [5.74, 6) is -2.09. The molecule has 5 atom stereocenters. The van der Waals surface area contributed by atoms with E-state index in [1.54, 1.807) is 0 Å². The van der Waals surface area contributed by atoms with Gasteiger partial charge in [0.1, 0.15) is 19.3 Å². The van der Waals surface area contributed by atoms with E-state index in [-0.39, 0.29) is 25.7 Å². The minimum absolute atomic E-state index is 0.110. The molecule has 0 aromatic rings. The minimum Gasteiger partial charge on any atom is -0.462 e. The van der Waals surface area contributed by atoms with Crippen molar-refractivity contribution in [2.75, 3.05) is 39.6 Å². The van der Waals surface area contributed by atoms with Crippen molar-refractivity contribution in [3.05, 3.63) is 0 Å². The Kier molecular flexibility index (Phi) is 83.5. The lowest BCUT2D eigenvalue weighted by Gasteiger charge is -2.21. The lowest BCUT2D eigenvalue weighted by molar-refractivity contribution is -0.161. The number of hydrogen-bond acceptors (Lipinski definition) is 15. The summed E-state index contributed by atoms with van der Waals surface area (Å²) < 4.78 is 69.1. The molecule has 0 aromatic carbocycles. The van der Waals surface area contributed by atoms with Gasteiger partial charge < -0.3 is 33.8 Å². The first-order valence-corrected chi connectivity index (χ1v) is 50.3. The third-order valence-electron chi connectivity index (χ3n) is 21.6. The van der Waals surface area contributed by atoms with Crippen LogP contribution in [0.25, 0.3) is 0 Å². The number of unbranched alkanes of at least 4 members (excludes halogenated alkanes) is 66. The predicted molar refractivity (Wildman–Crippen MR) is 455 cm³/mol. The molecule has 3 N–H and O–H groups in total. The maximum Gasteiger partial charge on any atom is 0.472 e. The second kappa shape index (κ2) is 85.0. The highest BCUT2D eigenvalue weighted by Gasteiger charge is 2.31. The van der Waals surface area contributed by atoms with E-state index >= 15 is 0 Å². The Morgan fingerprint density at radius 1 is 0.218 bits per heavy atom. The maximum atomic E-state index is 13.2. The fourth-order valence-electron chi connectivity index (χ4n) is 14.4. The number of carbonyl (C=O) groups excluding carboxylic acids is 4. The normalized spacial score (nSPS) is 13.6. The van der Waals surface area contributed by atoms with Crippen LogP contribution in [0.4, 0.5) is 0 Å². The van der Waals surface area contributed by atoms with E-state index in [0.717, 1.165) is 89.9 Å². The van der Waals surface area contributed by atoms with Crippen molar-refractivity contribution < 1.29 is 80.2 Å². The predicted octanol–water partition coefficient (Wildman–Crippen LogP) is 28.5. The average Bonchev–Trinajstić information content (AvgIpc) is 0.904. The molecular weight excluding hydrogens is 1430 g/mol. The minimum atomic E-state index is -4.97. The van der Waals surface area contributed by atoms with Crippen LogP contribution in [0, 0.1) is 0 Å². The van der Waals surface area contributed by atoms with Crippen molar-refractivity contribution in [1.29, 1.82) is 0 Å². The molecule has 0 saturated carbocycles. The number of rotatable bonds is 92. The molecule has 0 bridgehead atoms. The van der Waals surface area contributed by atoms with Crippen LogP contribution in [-0.4, -0.2) is 96.7 Å². The Balaban J connectivity index is 5.25. The SMILES string of the molecule is CCCCCCCCCCCCCCCCCCCCCCC(=O)OC[C@H](COP(=O)(O)OC[C@@H](O)COP(=O)(O)OC[C@@H](COC(=O)CCCCCCCCCCCCCCC)OC(=O)CCCCCCCCCCCCCCCCCCC)OC(=O)CCCCCCCCCCCCCCCCCCCCCC. The van der Waals surface area contributed by atoms with E-state index in [1.165, 1.54) is 334 Å². The molecule has 0 aromatic heterocycles. The third-order valence-corrected chi connectivity index (χ3v) is 23.5. The number of phosphoric acid groups is 2. The van der Waals surface area contributed by atoms with Gasteiger partial charge >= 0.3 is 39.5 Å². The number of aliphatic hydroxyl groups is 1. The molecule has 0 fully saturated rings. The standard InChI is InChI=1S/C91H178O17P2/c1-5-9-13-17-21-25-29-33-36-39-41-43-46-48-52-56-60-64-68-72-76-89(94)102-82-87(108-91(96)78-74-70-66-62-58-54-50-47-44-42-40-37-34-30-26-22-18-14-10-6-2)84-106-110(99,100)104-80-85(92)79-103-109(97,98)105-83-86(81-101-88(93)75-71-67-63-59-55-51-32-28-24-20-16-12-8-4)107-90(95)77-73-69-65-61-57-53-49-45-38-35-31-27-23-19-15-11-7-3/h85-87,92H,5-84H2,1-4H3,(H,97,98)(H,99,100)/t85-,86+,87+/m0/s1. The summed E-state index contributed by atoms with van der Waals surface area (Å²) in [5, 5.41) is 10.7. The molecule has 19 heteroatoms. The zero-order valence-corrected chi connectivity index (χ0v) is 74.0. The van der Waals surface area contributed by atoms with Crippen LogP contribution >= 0.6 is 15.6 Å². The van der Waals surface area contributed by atoms with Crippen molar-refractivity contribution in [3.8, 4) is 0 Å². The first kappa shape index (κ1) is 108. The van der Waals surface area contributed by atoms with Crippen LogP contribution in [0.5, 0.6) is 0 Å². The van der Waals surface area contributed by atoms with Crippen molar-refractivity contribution in [3.63, 3.8) is 0 Å². The van der Waals surface area contributed by atoms with Crippen molar-refractivity contribution >= 4 is 39.5 Å². The molecule has 2 unspecified atom stereocenters. The van der Waals surface area contributed by atoms with Crippen LogP contribution in [0.2, 0.25) is 0 Å². The number of ether oxygens (including phenoxy) is 4. The average molecular weight is 1610 g/mol. The highest BCUT2D eigenvalue weighted by molar-refractivity contribution is 7.47. The molecule has 110 heavy (non-hydrogen) atoms. The summed E-state index contributed by atoms with van der Waals surface area (Å²) in [5.41, 5.74) is 0. The summed E-state index contributed by atoms with van der Waals surface area (Å²) in [6.45, 7) is 5.10. The number of carbonyl (C=O) groups is 4. The van der Waals surface area contributed by atoms with Gasteiger partial charge in [-0.05, 0) is 25.7 Å². The Morgan fingerprint density at radius 2 is 0.364 bits per heavy atom. The number of aliphatic hydroxyl groups excluding tert-OH is 1. The van der Waals surface area contributed by atoms with Gasteiger partial charge in [-0.15, -0.1) is 0 Å². The van der Waals surface area contributed by atoms with Crippen LogP contribution in [0.1, 0.15) is 503 Å². The lowest BCUT2D eigenvalue weighted by Crippen LogP contribution is -2.30. The highest BCUT2D eigenvalue weighted by Crippen LogP contribution is 2.45. The van der Waals surface area contributed by atoms with Gasteiger partial charge in [-0.25, -0.2) is 9.13 Å². The fraction of sp³-hybridized carbons (Fsp3) is 0.956. The number of hydrogen-bond donors (Lipinski definition) is 3. The van der Waals surface area contributed by atoms with Crippen LogP contribution in [-0.2, 0) is 65.4 Å². The smallest absolute Gasteiger partial charge is 0.462 e. The van der Waals surface area contributed by atoms with Crippen LogP contribution in [0.3, 0.4) is 0 Å². The molecule has 0 amide bonds. The first-order chi connectivity index (χ1) is 53.7. The summed E-state index contributed by atoms with van der Waals surface area (Å²) in [7, 11) is -9.93. The molecule has 0 spiro atoms. The van der Waals surface area contributed by atoms with E-state index < -0.39 is 97.5 Å². The van der Waals surface area contributed by atoms with Gasteiger partial charge in [0, 0.05) is 25.7 Å². The van der Waals surface area contributed by atoms with E-state index in [1.807, 2.05) is 0 Å². The van der Waals surface area contributed by atoms with E-state index in [9.17, 15) is 43.2 Å². The van der Waals surface area contributed by atoms with Crippen molar-refractivity contribution in [2.24, 2.45) is 0 Å². The lowest BCUT2D eigenvalue weighted by atomic mass is 10.0. The molecule has 0 aliphatic rings. The number of phosphoric ester groups is 2. The van der Waals surface area contributed by atoms with Gasteiger partial charge in [0.15, 0.2) is 12.2 Å². The molecule has 0 saturated heterocycles. The Morgan fingerprint density at radius 3 is 0.536 bits per heavy atom. The van der Waals surface area contributed by atoms with Gasteiger partial charge in [-0.3, -0.25) is 37.3 Å². The zero-order chi connectivity index (χ0) is 80.3. The molecule has 654 valence electrons. The summed E-state index contributed by atoms with van der Waals surface area (Å²) in [6, 6.07) is 0. The number of esters is 4. The van der Waals surface area contributed by atoms with Crippen molar-refractivity contribution in [1.82, 2.24) is 0 Å². The Hall–Kier alpha value is -1.94.